The van der Waals surface area contributed by atoms with Crippen LogP contribution in [-0.4, -0.2) is 15.9 Å². The number of nitrogens with zero attached hydrogens (tertiary/aromatic N) is 2. The highest BCUT2D eigenvalue weighted by Gasteiger charge is 2.06. The van der Waals surface area contributed by atoms with Crippen LogP contribution in [0.1, 0.15) is 21.6 Å². The maximum atomic E-state index is 12.0. The number of ether oxygens (including phenoxy) is 1. The van der Waals surface area contributed by atoms with Gasteiger partial charge in [0.25, 0.3) is 5.91 Å². The molecule has 0 aliphatic heterocycles. The van der Waals surface area contributed by atoms with Crippen molar-refractivity contribution in [2.75, 3.05) is 0 Å². The van der Waals surface area contributed by atoms with Crippen LogP contribution in [0, 0.1) is 0 Å². The highest BCUT2D eigenvalue weighted by molar-refractivity contribution is 5.91. The highest BCUT2D eigenvalue weighted by atomic mass is 16.5. The van der Waals surface area contributed by atoms with E-state index in [-0.39, 0.29) is 5.91 Å². The standard InChI is InChI=1S/C19H17N3O2/c23-19(18-13-20-9-10-21-18)22-12-15-5-4-6-16(11-15)14-24-17-7-2-1-3-8-17/h1-11,13H,12,14H2,(H,22,23). The molecule has 3 aromatic rings. The van der Waals surface area contributed by atoms with Crippen molar-refractivity contribution >= 4 is 5.91 Å². The van der Waals surface area contributed by atoms with Crippen LogP contribution in [0.2, 0.25) is 0 Å². The lowest BCUT2D eigenvalue weighted by Gasteiger charge is -2.09. The number of rotatable bonds is 6. The van der Waals surface area contributed by atoms with Gasteiger partial charge in [-0.1, -0.05) is 42.5 Å². The first-order valence-corrected chi connectivity index (χ1v) is 7.61. The van der Waals surface area contributed by atoms with Crippen molar-refractivity contribution in [2.24, 2.45) is 0 Å². The third kappa shape index (κ3) is 4.39. The maximum Gasteiger partial charge on any atom is 0.271 e. The molecule has 0 radical (unpaired) electrons. The smallest absolute Gasteiger partial charge is 0.271 e. The van der Waals surface area contributed by atoms with E-state index in [0.29, 0.717) is 18.8 Å². The summed E-state index contributed by atoms with van der Waals surface area (Å²) in [5, 5.41) is 2.83. The molecule has 5 heteroatoms. The van der Waals surface area contributed by atoms with Gasteiger partial charge in [-0.15, -0.1) is 0 Å². The summed E-state index contributed by atoms with van der Waals surface area (Å²) in [7, 11) is 0. The van der Waals surface area contributed by atoms with E-state index in [4.69, 9.17) is 4.74 Å². The molecule has 0 unspecified atom stereocenters. The van der Waals surface area contributed by atoms with Crippen LogP contribution in [0.3, 0.4) is 0 Å². The van der Waals surface area contributed by atoms with Gasteiger partial charge in [-0.25, -0.2) is 4.98 Å². The molecule has 0 atom stereocenters. The molecule has 0 aliphatic rings. The lowest BCUT2D eigenvalue weighted by molar-refractivity contribution is 0.0945. The Morgan fingerprint density at radius 3 is 2.62 bits per heavy atom. The molecule has 0 aliphatic carbocycles. The summed E-state index contributed by atoms with van der Waals surface area (Å²) in [6.07, 6.45) is 4.48. The molecule has 120 valence electrons. The summed E-state index contributed by atoms with van der Waals surface area (Å²) in [5.41, 5.74) is 2.35. The Kier molecular flexibility index (Phi) is 5.14. The monoisotopic (exact) mass is 319 g/mol. The number of carbonyl (C=O) groups is 1. The van der Waals surface area contributed by atoms with Gasteiger partial charge in [0, 0.05) is 18.9 Å². The Balaban J connectivity index is 1.56. The van der Waals surface area contributed by atoms with Gasteiger partial charge in [0.05, 0.1) is 6.20 Å². The topological polar surface area (TPSA) is 64.1 Å². The normalized spacial score (nSPS) is 10.2. The molecule has 0 bridgehead atoms. The molecule has 0 saturated carbocycles. The van der Waals surface area contributed by atoms with Crippen LogP contribution >= 0.6 is 0 Å². The molecule has 1 heterocycles. The van der Waals surface area contributed by atoms with Crippen LogP contribution in [0.15, 0.2) is 73.2 Å². The summed E-state index contributed by atoms with van der Waals surface area (Å²) >= 11 is 0. The summed E-state index contributed by atoms with van der Waals surface area (Å²) in [5.74, 6) is 0.591. The third-order valence-electron chi connectivity index (χ3n) is 3.39. The van der Waals surface area contributed by atoms with Crippen molar-refractivity contribution in [2.45, 2.75) is 13.2 Å². The van der Waals surface area contributed by atoms with Gasteiger partial charge >= 0.3 is 0 Å². The molecule has 1 N–H and O–H groups in total. The molecule has 0 saturated heterocycles. The Hall–Kier alpha value is -3.21. The number of amides is 1. The molecule has 24 heavy (non-hydrogen) atoms. The number of carbonyl (C=O) groups excluding carboxylic acids is 1. The SMILES string of the molecule is O=C(NCc1cccc(COc2ccccc2)c1)c1cnccn1. The van der Waals surface area contributed by atoms with Crippen LogP contribution in [-0.2, 0) is 13.2 Å². The van der Waals surface area contributed by atoms with Crippen molar-refractivity contribution in [3.05, 3.63) is 90.0 Å². The molecular formula is C19H17N3O2. The fourth-order valence-corrected chi connectivity index (χ4v) is 2.20. The van der Waals surface area contributed by atoms with Crippen molar-refractivity contribution in [1.82, 2.24) is 15.3 Å². The maximum absolute atomic E-state index is 12.0. The molecule has 0 fully saturated rings. The van der Waals surface area contributed by atoms with Gasteiger partial charge in [-0.05, 0) is 23.3 Å². The average Bonchev–Trinajstić information content (AvgIpc) is 2.66. The first kappa shape index (κ1) is 15.7. The molecule has 2 aromatic carbocycles. The second-order valence-electron chi connectivity index (χ2n) is 5.20. The van der Waals surface area contributed by atoms with Crippen LogP contribution in [0.25, 0.3) is 0 Å². The Bertz CT molecular complexity index is 792. The van der Waals surface area contributed by atoms with Gasteiger partial charge in [0.2, 0.25) is 0 Å². The quantitative estimate of drug-likeness (QED) is 0.758. The Labute approximate surface area is 140 Å². The van der Waals surface area contributed by atoms with Gasteiger partial charge in [-0.3, -0.25) is 9.78 Å². The minimum Gasteiger partial charge on any atom is -0.489 e. The lowest BCUT2D eigenvalue weighted by Crippen LogP contribution is -2.23. The zero-order chi connectivity index (χ0) is 16.6. The summed E-state index contributed by atoms with van der Waals surface area (Å²) in [6, 6.07) is 17.6. The predicted molar refractivity (Wildman–Crippen MR) is 90.4 cm³/mol. The first-order valence-electron chi connectivity index (χ1n) is 7.61. The van der Waals surface area contributed by atoms with Gasteiger partial charge < -0.3 is 10.1 Å². The van der Waals surface area contributed by atoms with Crippen LogP contribution < -0.4 is 10.1 Å². The van der Waals surface area contributed by atoms with Crippen LogP contribution in [0.5, 0.6) is 5.75 Å². The van der Waals surface area contributed by atoms with Gasteiger partial charge in [0.1, 0.15) is 18.1 Å². The second kappa shape index (κ2) is 7.87. The van der Waals surface area contributed by atoms with Crippen molar-refractivity contribution in [3.8, 4) is 5.75 Å². The zero-order valence-electron chi connectivity index (χ0n) is 13.1. The van der Waals surface area contributed by atoms with E-state index in [2.05, 4.69) is 15.3 Å². The largest absolute Gasteiger partial charge is 0.489 e. The fraction of sp³-hybridized carbons (Fsp3) is 0.105. The Morgan fingerprint density at radius 2 is 1.83 bits per heavy atom. The van der Waals surface area contributed by atoms with Crippen molar-refractivity contribution in [3.63, 3.8) is 0 Å². The number of hydrogen-bond donors (Lipinski definition) is 1. The van der Waals surface area contributed by atoms with Gasteiger partial charge in [0.15, 0.2) is 0 Å². The number of hydrogen-bond acceptors (Lipinski definition) is 4. The third-order valence-corrected chi connectivity index (χ3v) is 3.39. The number of aromatic nitrogens is 2. The summed E-state index contributed by atoms with van der Waals surface area (Å²) in [6.45, 7) is 0.907. The predicted octanol–water partition coefficient (Wildman–Crippen LogP) is 2.99. The highest BCUT2D eigenvalue weighted by Crippen LogP contribution is 2.12. The average molecular weight is 319 g/mol. The zero-order valence-corrected chi connectivity index (χ0v) is 13.1. The van der Waals surface area contributed by atoms with Crippen molar-refractivity contribution < 1.29 is 9.53 Å². The van der Waals surface area contributed by atoms with E-state index in [1.807, 2.05) is 54.6 Å². The second-order valence-corrected chi connectivity index (χ2v) is 5.20. The van der Waals surface area contributed by atoms with E-state index in [1.165, 1.54) is 18.6 Å². The van der Waals surface area contributed by atoms with E-state index < -0.39 is 0 Å². The van der Waals surface area contributed by atoms with Crippen LogP contribution in [0.4, 0.5) is 0 Å². The first-order chi connectivity index (χ1) is 11.8. The van der Waals surface area contributed by atoms with Gasteiger partial charge in [-0.2, -0.15) is 0 Å². The number of para-hydroxylation sites is 1. The molecule has 0 spiro atoms. The summed E-state index contributed by atoms with van der Waals surface area (Å²) < 4.78 is 5.74. The Morgan fingerprint density at radius 1 is 1.00 bits per heavy atom. The molecule has 1 amide bonds. The summed E-state index contributed by atoms with van der Waals surface area (Å²) in [4.78, 5) is 19.8. The van der Waals surface area contributed by atoms with Crippen molar-refractivity contribution in [1.29, 1.82) is 0 Å². The minimum atomic E-state index is -0.242. The van der Waals surface area contributed by atoms with E-state index in [1.54, 1.807) is 0 Å². The molecule has 1 aromatic heterocycles. The molecular weight excluding hydrogens is 302 g/mol. The lowest BCUT2D eigenvalue weighted by atomic mass is 10.1. The molecule has 5 nitrogen and oxygen atoms in total. The number of benzene rings is 2. The van der Waals surface area contributed by atoms with E-state index >= 15 is 0 Å². The fourth-order valence-electron chi connectivity index (χ4n) is 2.20. The minimum absolute atomic E-state index is 0.242. The number of nitrogens with one attached hydrogen (secondary N) is 1. The van der Waals surface area contributed by atoms with E-state index in [9.17, 15) is 4.79 Å². The van der Waals surface area contributed by atoms with E-state index in [0.717, 1.165) is 16.9 Å². The molecule has 3 rings (SSSR count).